The molecule has 0 aromatic heterocycles. The molecule has 36 heavy (non-hydrogen) atoms. The molecule has 0 aliphatic heterocycles. The molecule has 3 aromatic rings. The maximum absolute atomic E-state index is 13.2. The number of nitrogens with one attached hydrogen (secondary N) is 1. The van der Waals surface area contributed by atoms with Crippen molar-refractivity contribution in [2.24, 2.45) is 0 Å². The van der Waals surface area contributed by atoms with Gasteiger partial charge in [0.15, 0.2) is 0 Å². The number of carbonyl (C=O) groups excluding carboxylic acids is 1. The molecule has 6 nitrogen and oxygen atoms in total. The van der Waals surface area contributed by atoms with Crippen LogP contribution in [0.4, 0.5) is 0 Å². The summed E-state index contributed by atoms with van der Waals surface area (Å²) in [5.41, 5.74) is 5.05. The molecule has 186 valence electrons. The van der Waals surface area contributed by atoms with E-state index in [2.05, 4.69) is 5.32 Å². The van der Waals surface area contributed by atoms with Crippen LogP contribution in [0.2, 0.25) is 0 Å². The molecule has 0 heterocycles. The summed E-state index contributed by atoms with van der Waals surface area (Å²) in [7, 11) is 1.63. The predicted octanol–water partition coefficient (Wildman–Crippen LogP) is 4.68. The summed E-state index contributed by atoms with van der Waals surface area (Å²) in [6.45, 7) is 2.78. The number of thioether (sulfide) groups is 1. The third-order valence-electron chi connectivity index (χ3n) is 5.65. The second-order valence-electron chi connectivity index (χ2n) is 8.18. The quantitative estimate of drug-likeness (QED) is 0.351. The van der Waals surface area contributed by atoms with Gasteiger partial charge in [-0.3, -0.25) is 4.79 Å². The molecule has 0 spiro atoms. The van der Waals surface area contributed by atoms with Crippen LogP contribution in [-0.2, 0) is 22.7 Å². The average molecular weight is 502 g/mol. The first kappa shape index (κ1) is 29.5. The Hall–Kier alpha value is -2.69. The van der Waals surface area contributed by atoms with E-state index in [9.17, 15) is 14.7 Å². The molecule has 0 fully saturated rings. The van der Waals surface area contributed by atoms with E-state index in [0.717, 1.165) is 33.6 Å². The monoisotopic (exact) mass is 501 g/mol. The van der Waals surface area contributed by atoms with E-state index in [-0.39, 0.29) is 18.9 Å². The summed E-state index contributed by atoms with van der Waals surface area (Å²) in [6.07, 6.45) is 2.27. The van der Waals surface area contributed by atoms with E-state index in [1.807, 2.05) is 73.8 Å². The van der Waals surface area contributed by atoms with Gasteiger partial charge in [0.2, 0.25) is 0 Å². The molecule has 0 radical (unpaired) electrons. The summed E-state index contributed by atoms with van der Waals surface area (Å²) in [5.74, 6) is -0.0145. The number of methoxy groups -OCH3 is 1. The summed E-state index contributed by atoms with van der Waals surface area (Å²) in [6, 6.07) is 20.1. The molecule has 0 aliphatic carbocycles. The van der Waals surface area contributed by atoms with Gasteiger partial charge < -0.3 is 19.9 Å². The summed E-state index contributed by atoms with van der Waals surface area (Å²) in [4.78, 5) is 24.8. The van der Waals surface area contributed by atoms with Crippen molar-refractivity contribution in [1.82, 2.24) is 5.32 Å². The van der Waals surface area contributed by atoms with Crippen molar-refractivity contribution in [3.8, 4) is 16.9 Å². The van der Waals surface area contributed by atoms with Gasteiger partial charge in [-0.15, -0.1) is 0 Å². The molecular weight excluding hydrogens is 469 g/mol. The van der Waals surface area contributed by atoms with Crippen LogP contribution >= 0.6 is 11.8 Å². The maximum atomic E-state index is 13.2. The number of carbonyl (C=O) groups is 2. The number of amides is 1. The molecule has 1 amide bonds. The van der Waals surface area contributed by atoms with E-state index in [1.54, 1.807) is 24.9 Å². The number of aliphatic carboxylic acids is 1. The van der Waals surface area contributed by atoms with Crippen molar-refractivity contribution >= 4 is 42.5 Å². The zero-order valence-electron chi connectivity index (χ0n) is 20.2. The molecule has 0 saturated carbocycles. The first-order valence-corrected chi connectivity index (χ1v) is 12.7. The Morgan fingerprint density at radius 3 is 2.36 bits per heavy atom. The van der Waals surface area contributed by atoms with Crippen molar-refractivity contribution in [3.63, 3.8) is 0 Å². The number of carboxylic acids is 1. The fourth-order valence-corrected chi connectivity index (χ4v) is 4.23. The van der Waals surface area contributed by atoms with Crippen LogP contribution in [0.1, 0.15) is 33.5 Å². The van der Waals surface area contributed by atoms with Gasteiger partial charge in [-0.05, 0) is 77.4 Å². The van der Waals surface area contributed by atoms with Crippen molar-refractivity contribution in [2.75, 3.05) is 19.1 Å². The molecule has 0 unspecified atom stereocenters. The normalized spacial score (nSPS) is 11.3. The topological polar surface area (TPSA) is 84.9 Å². The zero-order chi connectivity index (χ0) is 25.2. The van der Waals surface area contributed by atoms with E-state index in [4.69, 9.17) is 9.47 Å². The summed E-state index contributed by atoms with van der Waals surface area (Å²) in [5, 5.41) is 12.2. The molecule has 0 saturated heterocycles. The van der Waals surface area contributed by atoms with Gasteiger partial charge >= 0.3 is 24.8 Å². The van der Waals surface area contributed by atoms with Crippen LogP contribution in [0.5, 0.6) is 5.75 Å². The van der Waals surface area contributed by atoms with Gasteiger partial charge in [-0.1, -0.05) is 42.5 Å². The number of hydrogen-bond donors (Lipinski definition) is 2. The van der Waals surface area contributed by atoms with Crippen molar-refractivity contribution in [3.05, 3.63) is 89.0 Å². The van der Waals surface area contributed by atoms with Crippen LogP contribution in [0.3, 0.4) is 0 Å². The zero-order valence-corrected chi connectivity index (χ0v) is 21.1. The average Bonchev–Trinajstić information content (AvgIpc) is 2.86. The third kappa shape index (κ3) is 8.18. The SMILES string of the molecule is COc1cccc(COCc2ccc(C(=O)N[C@@H](CCSC)C(=O)O)c(-c3ccccc3C)c2)c1.[LiH]. The van der Waals surface area contributed by atoms with Crippen LogP contribution in [0, 0.1) is 6.92 Å². The number of benzene rings is 3. The van der Waals surface area contributed by atoms with Crippen LogP contribution in [0.25, 0.3) is 11.1 Å². The molecule has 3 aromatic carbocycles. The molecule has 0 aliphatic rings. The third-order valence-corrected chi connectivity index (χ3v) is 6.29. The second-order valence-corrected chi connectivity index (χ2v) is 9.17. The number of carboxylic acid groups (broad SMARTS) is 1. The Labute approximate surface area is 229 Å². The van der Waals surface area contributed by atoms with Gasteiger partial charge in [0, 0.05) is 5.56 Å². The van der Waals surface area contributed by atoms with Gasteiger partial charge in [0.1, 0.15) is 11.8 Å². The Morgan fingerprint density at radius 1 is 0.972 bits per heavy atom. The van der Waals surface area contributed by atoms with E-state index in [0.29, 0.717) is 31.0 Å². The summed E-state index contributed by atoms with van der Waals surface area (Å²) >= 11 is 1.55. The number of aryl methyl sites for hydroxylation is 1. The van der Waals surface area contributed by atoms with Gasteiger partial charge in [0.25, 0.3) is 5.91 Å². The van der Waals surface area contributed by atoms with Gasteiger partial charge in [-0.25, -0.2) is 4.79 Å². The van der Waals surface area contributed by atoms with Gasteiger partial charge in [-0.2, -0.15) is 11.8 Å². The van der Waals surface area contributed by atoms with Crippen molar-refractivity contribution in [2.45, 2.75) is 32.6 Å². The van der Waals surface area contributed by atoms with Crippen LogP contribution in [0.15, 0.2) is 66.7 Å². The molecule has 8 heteroatoms. The van der Waals surface area contributed by atoms with E-state index >= 15 is 0 Å². The number of rotatable bonds is 12. The number of ether oxygens (including phenoxy) is 2. The minimum absolute atomic E-state index is 0. The second kappa shape index (κ2) is 14.8. The van der Waals surface area contributed by atoms with Crippen molar-refractivity contribution in [1.29, 1.82) is 0 Å². The van der Waals surface area contributed by atoms with E-state index < -0.39 is 17.9 Å². The van der Waals surface area contributed by atoms with Crippen LogP contribution in [-0.4, -0.2) is 61.0 Å². The Bertz CT molecular complexity index is 1170. The first-order chi connectivity index (χ1) is 16.9. The standard InChI is InChI=1S/C28H31NO5S.Li.H/c1-19-7-4-5-10-23(19)25-16-21(18-34-17-20-8-6-9-22(15-20)33-2)11-12-24(25)27(30)29-26(28(31)32)13-14-35-3;;/h4-12,15-16,26H,13-14,17-18H2,1-3H3,(H,29,30)(H,31,32);;/t26-;;/m0../s1. The fourth-order valence-electron chi connectivity index (χ4n) is 3.76. The van der Waals surface area contributed by atoms with Gasteiger partial charge in [0.05, 0.1) is 20.3 Å². The first-order valence-electron chi connectivity index (χ1n) is 11.3. The summed E-state index contributed by atoms with van der Waals surface area (Å²) < 4.78 is 11.2. The van der Waals surface area contributed by atoms with Crippen molar-refractivity contribution < 1.29 is 24.2 Å². The molecule has 1 atom stereocenters. The fraction of sp³-hybridized carbons (Fsp3) is 0.286. The number of hydrogen-bond acceptors (Lipinski definition) is 5. The molecule has 2 N–H and O–H groups in total. The minimum atomic E-state index is -1.03. The Balaban J connectivity index is 0.00000456. The Morgan fingerprint density at radius 2 is 1.69 bits per heavy atom. The van der Waals surface area contributed by atoms with Crippen LogP contribution < -0.4 is 10.1 Å². The molecular formula is C28H32LiNO5S. The molecule has 3 rings (SSSR count). The molecule has 0 bridgehead atoms. The predicted molar refractivity (Wildman–Crippen MR) is 147 cm³/mol. The Kier molecular flexibility index (Phi) is 12.1. The van der Waals surface area contributed by atoms with E-state index in [1.165, 1.54) is 0 Å².